The Hall–Kier alpha value is -1.00. The standard InChI is InChI=1S/C15H12BrCl2F2N3O2S/c16-9-5-13(20)14(6-12(9)19)26(24,25)23-3-1-22(2-4-23)15-10(17)7-21-8-11(15)18/h5-8H,1-4H2. The number of hydrogen-bond donors (Lipinski definition) is 0. The van der Waals surface area contributed by atoms with Crippen molar-refractivity contribution < 1.29 is 17.2 Å². The molecule has 0 unspecified atom stereocenters. The second kappa shape index (κ2) is 7.55. The van der Waals surface area contributed by atoms with Crippen LogP contribution in [-0.2, 0) is 10.0 Å². The van der Waals surface area contributed by atoms with Gasteiger partial charge in [0.15, 0.2) is 0 Å². The van der Waals surface area contributed by atoms with Crippen molar-refractivity contribution in [1.29, 1.82) is 0 Å². The number of hydrogen-bond acceptors (Lipinski definition) is 4. The van der Waals surface area contributed by atoms with E-state index in [9.17, 15) is 17.2 Å². The Labute approximate surface area is 167 Å². The van der Waals surface area contributed by atoms with Crippen LogP contribution in [0.4, 0.5) is 14.5 Å². The fourth-order valence-electron chi connectivity index (χ4n) is 2.70. The van der Waals surface area contributed by atoms with Crippen LogP contribution >= 0.6 is 39.1 Å². The molecule has 11 heteroatoms. The van der Waals surface area contributed by atoms with E-state index in [1.54, 1.807) is 0 Å². The molecule has 0 saturated carbocycles. The summed E-state index contributed by atoms with van der Waals surface area (Å²) in [6, 6.07) is 1.48. The van der Waals surface area contributed by atoms with E-state index in [-0.39, 0.29) is 17.6 Å². The molecule has 5 nitrogen and oxygen atoms in total. The fourth-order valence-corrected chi connectivity index (χ4v) is 5.10. The second-order valence-electron chi connectivity index (χ2n) is 5.54. The lowest BCUT2D eigenvalue weighted by Crippen LogP contribution is -2.49. The van der Waals surface area contributed by atoms with Crippen LogP contribution < -0.4 is 4.90 Å². The molecule has 1 aromatic carbocycles. The predicted octanol–water partition coefficient (Wildman–Crippen LogP) is 3.94. The highest BCUT2D eigenvalue weighted by atomic mass is 79.9. The van der Waals surface area contributed by atoms with Crippen LogP contribution in [0, 0.1) is 11.6 Å². The summed E-state index contributed by atoms with van der Waals surface area (Å²) < 4.78 is 54.1. The Balaban J connectivity index is 1.82. The first-order valence-electron chi connectivity index (χ1n) is 7.40. The number of aromatic nitrogens is 1. The molecule has 1 aromatic heterocycles. The number of benzene rings is 1. The average molecular weight is 487 g/mol. The molecule has 0 spiro atoms. The first-order valence-corrected chi connectivity index (χ1v) is 10.4. The van der Waals surface area contributed by atoms with Gasteiger partial charge < -0.3 is 4.90 Å². The van der Waals surface area contributed by atoms with Gasteiger partial charge in [0, 0.05) is 38.6 Å². The van der Waals surface area contributed by atoms with Crippen LogP contribution in [0.2, 0.25) is 10.0 Å². The van der Waals surface area contributed by atoms with Gasteiger partial charge in [-0.15, -0.1) is 0 Å². The van der Waals surface area contributed by atoms with Crippen LogP contribution in [-0.4, -0.2) is 43.9 Å². The van der Waals surface area contributed by atoms with Crippen molar-refractivity contribution in [2.75, 3.05) is 31.1 Å². The smallest absolute Gasteiger partial charge is 0.246 e. The first kappa shape index (κ1) is 19.8. The summed E-state index contributed by atoms with van der Waals surface area (Å²) in [5.74, 6) is -1.86. The molecule has 0 radical (unpaired) electrons. The van der Waals surface area contributed by atoms with Gasteiger partial charge >= 0.3 is 0 Å². The van der Waals surface area contributed by atoms with Gasteiger partial charge in [-0.05, 0) is 28.1 Å². The molecule has 0 atom stereocenters. The molecule has 2 heterocycles. The topological polar surface area (TPSA) is 53.5 Å². The van der Waals surface area contributed by atoms with Gasteiger partial charge in [-0.3, -0.25) is 4.98 Å². The van der Waals surface area contributed by atoms with Crippen molar-refractivity contribution in [3.63, 3.8) is 0 Å². The van der Waals surface area contributed by atoms with Crippen LogP contribution in [0.15, 0.2) is 33.9 Å². The van der Waals surface area contributed by atoms with Gasteiger partial charge in [0.25, 0.3) is 0 Å². The summed E-state index contributed by atoms with van der Waals surface area (Å²) in [5.41, 5.74) is 0.571. The minimum atomic E-state index is -4.17. The minimum absolute atomic E-state index is 0.0778. The van der Waals surface area contributed by atoms with E-state index >= 15 is 0 Å². The lowest BCUT2D eigenvalue weighted by Gasteiger charge is -2.36. The average Bonchev–Trinajstić information content (AvgIpc) is 2.58. The van der Waals surface area contributed by atoms with Crippen LogP contribution in [0.1, 0.15) is 0 Å². The molecule has 0 amide bonds. The summed E-state index contributed by atoms with van der Waals surface area (Å²) in [4.78, 5) is 5.02. The molecule has 0 aliphatic carbocycles. The van der Waals surface area contributed by atoms with Crippen LogP contribution in [0.5, 0.6) is 0 Å². The van der Waals surface area contributed by atoms with E-state index in [0.29, 0.717) is 34.9 Å². The number of nitrogens with zero attached hydrogens (tertiary/aromatic N) is 3. The molecule has 140 valence electrons. The highest BCUT2D eigenvalue weighted by Crippen LogP contribution is 2.34. The third-order valence-electron chi connectivity index (χ3n) is 3.98. The summed E-state index contributed by atoms with van der Waals surface area (Å²) in [6.45, 7) is 0.746. The molecule has 0 N–H and O–H groups in total. The summed E-state index contributed by atoms with van der Waals surface area (Å²) in [6.07, 6.45) is 2.90. The molecule has 0 bridgehead atoms. The van der Waals surface area contributed by atoms with Crippen LogP contribution in [0.25, 0.3) is 0 Å². The highest BCUT2D eigenvalue weighted by molar-refractivity contribution is 9.10. The van der Waals surface area contributed by atoms with Gasteiger partial charge in [0.05, 0.1) is 20.2 Å². The maximum atomic E-state index is 14.1. The molecular formula is C15H12BrCl2F2N3O2S. The molecule has 1 aliphatic heterocycles. The van der Waals surface area contributed by atoms with Crippen molar-refractivity contribution in [3.8, 4) is 0 Å². The Morgan fingerprint density at radius 2 is 1.58 bits per heavy atom. The van der Waals surface area contributed by atoms with Crippen molar-refractivity contribution in [3.05, 3.63) is 50.7 Å². The third kappa shape index (κ3) is 3.68. The predicted molar refractivity (Wildman–Crippen MR) is 99.3 cm³/mol. The summed E-state index contributed by atoms with van der Waals surface area (Å²) in [7, 11) is -4.17. The molecule has 1 aliphatic rings. The molecular weight excluding hydrogens is 475 g/mol. The number of anilines is 1. The van der Waals surface area contributed by atoms with Gasteiger partial charge in [-0.1, -0.05) is 23.2 Å². The van der Waals surface area contributed by atoms with Crippen molar-refractivity contribution >= 4 is 54.8 Å². The number of sulfonamides is 1. The van der Waals surface area contributed by atoms with E-state index < -0.39 is 26.6 Å². The van der Waals surface area contributed by atoms with Gasteiger partial charge in [0.1, 0.15) is 16.5 Å². The number of halogens is 5. The minimum Gasteiger partial charge on any atom is -0.366 e. The van der Waals surface area contributed by atoms with E-state index in [4.69, 9.17) is 23.2 Å². The van der Waals surface area contributed by atoms with Crippen molar-refractivity contribution in [1.82, 2.24) is 9.29 Å². The number of rotatable bonds is 3. The maximum Gasteiger partial charge on any atom is 0.246 e. The molecule has 1 saturated heterocycles. The maximum absolute atomic E-state index is 14.1. The SMILES string of the molecule is O=S(=O)(c1cc(F)c(Br)cc1F)N1CCN(c2c(Cl)cncc2Cl)CC1. The monoisotopic (exact) mass is 485 g/mol. The zero-order valence-electron chi connectivity index (χ0n) is 13.1. The largest absolute Gasteiger partial charge is 0.366 e. The van der Waals surface area contributed by atoms with E-state index in [1.807, 2.05) is 4.90 Å². The molecule has 2 aromatic rings. The highest BCUT2D eigenvalue weighted by Gasteiger charge is 2.32. The van der Waals surface area contributed by atoms with E-state index in [2.05, 4.69) is 20.9 Å². The van der Waals surface area contributed by atoms with Crippen molar-refractivity contribution in [2.45, 2.75) is 4.90 Å². The fraction of sp³-hybridized carbons (Fsp3) is 0.267. The molecule has 3 rings (SSSR count). The summed E-state index contributed by atoms with van der Waals surface area (Å²) in [5, 5.41) is 0.713. The van der Waals surface area contributed by atoms with Crippen LogP contribution in [0.3, 0.4) is 0 Å². The quantitative estimate of drug-likeness (QED) is 0.616. The van der Waals surface area contributed by atoms with Gasteiger partial charge in [-0.25, -0.2) is 17.2 Å². The lowest BCUT2D eigenvalue weighted by atomic mass is 10.3. The Kier molecular flexibility index (Phi) is 5.74. The zero-order chi connectivity index (χ0) is 19.1. The van der Waals surface area contributed by atoms with Gasteiger partial charge in [-0.2, -0.15) is 4.31 Å². The second-order valence-corrected chi connectivity index (χ2v) is 9.11. The van der Waals surface area contributed by atoms with E-state index in [1.165, 1.54) is 12.4 Å². The third-order valence-corrected chi connectivity index (χ3v) is 7.05. The first-order chi connectivity index (χ1) is 12.2. The normalized spacial score (nSPS) is 16.1. The summed E-state index contributed by atoms with van der Waals surface area (Å²) >= 11 is 15.1. The van der Waals surface area contributed by atoms with Crippen molar-refractivity contribution in [2.24, 2.45) is 0 Å². The molecule has 26 heavy (non-hydrogen) atoms. The Bertz CT molecular complexity index is 934. The Morgan fingerprint density at radius 1 is 1.00 bits per heavy atom. The lowest BCUT2D eigenvalue weighted by molar-refractivity contribution is 0.382. The molecule has 1 fully saturated rings. The number of piperazine rings is 1. The number of pyridine rings is 1. The van der Waals surface area contributed by atoms with E-state index in [0.717, 1.165) is 10.4 Å². The Morgan fingerprint density at radius 3 is 2.15 bits per heavy atom. The zero-order valence-corrected chi connectivity index (χ0v) is 17.0. The van der Waals surface area contributed by atoms with Gasteiger partial charge in [0.2, 0.25) is 10.0 Å².